The third-order valence-electron chi connectivity index (χ3n) is 6.60. The zero-order valence-electron chi connectivity index (χ0n) is 19.2. The summed E-state index contributed by atoms with van der Waals surface area (Å²) >= 11 is 0.991. The molecule has 1 fully saturated rings. The number of ketones is 1. The Morgan fingerprint density at radius 3 is 2.32 bits per heavy atom. The molecule has 10 heteroatoms. The first-order valence-electron chi connectivity index (χ1n) is 11.5. The Morgan fingerprint density at radius 1 is 0.946 bits per heavy atom. The summed E-state index contributed by atoms with van der Waals surface area (Å²) in [5.74, 6) is -2.92. The van der Waals surface area contributed by atoms with E-state index in [4.69, 9.17) is 0 Å². The molecule has 2 atom stereocenters. The van der Waals surface area contributed by atoms with Crippen molar-refractivity contribution in [2.45, 2.75) is 25.4 Å². The number of Topliss-reactive ketones (excluding diaryl/α,β-unsaturated/α-hetero) is 1. The van der Waals surface area contributed by atoms with Crippen LogP contribution in [0, 0.1) is 17.7 Å². The monoisotopic (exact) mass is 528 g/mol. The number of alkyl halides is 3. The van der Waals surface area contributed by atoms with Gasteiger partial charge >= 0.3 is 12.1 Å². The van der Waals surface area contributed by atoms with Gasteiger partial charge in [-0.25, -0.2) is 9.37 Å². The van der Waals surface area contributed by atoms with Crippen LogP contribution < -0.4 is 5.32 Å². The van der Waals surface area contributed by atoms with Crippen LogP contribution in [0.2, 0.25) is 0 Å². The van der Waals surface area contributed by atoms with Gasteiger partial charge < -0.3 is 10.4 Å². The number of carbonyl (C=O) groups is 2. The van der Waals surface area contributed by atoms with Crippen LogP contribution in [0.25, 0.3) is 21.3 Å². The molecule has 5 rings (SSSR count). The number of benzene rings is 3. The van der Waals surface area contributed by atoms with Crippen molar-refractivity contribution in [3.05, 3.63) is 77.6 Å². The van der Waals surface area contributed by atoms with Gasteiger partial charge in [-0.2, -0.15) is 13.2 Å². The first-order chi connectivity index (χ1) is 17.6. The third kappa shape index (κ3) is 5.06. The van der Waals surface area contributed by atoms with Gasteiger partial charge in [-0.05, 0) is 54.3 Å². The summed E-state index contributed by atoms with van der Waals surface area (Å²) in [4.78, 5) is 28.5. The van der Waals surface area contributed by atoms with Gasteiger partial charge in [-0.1, -0.05) is 48.1 Å². The number of carboxylic acids is 1. The van der Waals surface area contributed by atoms with E-state index in [1.807, 2.05) is 0 Å². The predicted molar refractivity (Wildman–Crippen MR) is 133 cm³/mol. The number of carbonyl (C=O) groups excluding carboxylic acids is 1. The van der Waals surface area contributed by atoms with Gasteiger partial charge in [0.1, 0.15) is 5.82 Å². The number of rotatable bonds is 6. The molecule has 3 aromatic carbocycles. The molecule has 1 aromatic heterocycles. The Kier molecular flexibility index (Phi) is 6.45. The summed E-state index contributed by atoms with van der Waals surface area (Å²) in [6.45, 7) is 0. The van der Waals surface area contributed by atoms with Crippen molar-refractivity contribution in [3.8, 4) is 11.1 Å². The summed E-state index contributed by atoms with van der Waals surface area (Å²) in [5, 5.41) is 12.4. The van der Waals surface area contributed by atoms with Crippen molar-refractivity contribution in [2.75, 3.05) is 5.32 Å². The highest BCUT2D eigenvalue weighted by Gasteiger charge is 2.38. The van der Waals surface area contributed by atoms with Crippen molar-refractivity contribution < 1.29 is 32.3 Å². The van der Waals surface area contributed by atoms with Crippen LogP contribution in [-0.4, -0.2) is 21.8 Å². The number of aromatic nitrogens is 1. The van der Waals surface area contributed by atoms with E-state index >= 15 is 0 Å². The summed E-state index contributed by atoms with van der Waals surface area (Å²) in [6, 6.07) is 14.4. The minimum atomic E-state index is -4.46. The molecule has 2 N–H and O–H groups in total. The molecule has 1 heterocycles. The molecular formula is C27H20F4N2O3S. The zero-order valence-corrected chi connectivity index (χ0v) is 20.0. The van der Waals surface area contributed by atoms with Crippen LogP contribution in [0.5, 0.6) is 0 Å². The van der Waals surface area contributed by atoms with Crippen LogP contribution in [0.15, 0.2) is 60.7 Å². The average molecular weight is 529 g/mol. The molecule has 5 nitrogen and oxygen atoms in total. The zero-order chi connectivity index (χ0) is 26.3. The lowest BCUT2D eigenvalue weighted by Gasteiger charge is -2.15. The third-order valence-corrected chi connectivity index (χ3v) is 7.53. The van der Waals surface area contributed by atoms with Gasteiger partial charge in [0.15, 0.2) is 10.9 Å². The summed E-state index contributed by atoms with van der Waals surface area (Å²) in [5.41, 5.74) is 1.37. The van der Waals surface area contributed by atoms with Gasteiger partial charge in [0.2, 0.25) is 0 Å². The van der Waals surface area contributed by atoms with E-state index in [0.717, 1.165) is 23.5 Å². The predicted octanol–water partition coefficient (Wildman–Crippen LogP) is 7.55. The Labute approximate surface area is 212 Å². The van der Waals surface area contributed by atoms with Gasteiger partial charge in [-0.3, -0.25) is 9.59 Å². The van der Waals surface area contributed by atoms with Gasteiger partial charge in [0.05, 0.1) is 27.4 Å². The second kappa shape index (κ2) is 9.59. The average Bonchev–Trinajstić information content (AvgIpc) is 3.51. The van der Waals surface area contributed by atoms with Crippen LogP contribution in [-0.2, 0) is 11.0 Å². The van der Waals surface area contributed by atoms with Crippen LogP contribution in [0.3, 0.4) is 0 Å². The molecule has 37 heavy (non-hydrogen) atoms. The van der Waals surface area contributed by atoms with E-state index in [2.05, 4.69) is 10.3 Å². The number of nitrogens with zero attached hydrogens (tertiary/aromatic N) is 1. The highest BCUT2D eigenvalue weighted by Crippen LogP contribution is 2.37. The van der Waals surface area contributed by atoms with E-state index in [1.165, 1.54) is 18.2 Å². The maximum Gasteiger partial charge on any atom is 0.416 e. The van der Waals surface area contributed by atoms with Crippen molar-refractivity contribution in [1.29, 1.82) is 0 Å². The number of thiazole rings is 1. The number of hydrogen-bond acceptors (Lipinski definition) is 5. The van der Waals surface area contributed by atoms with Crippen LogP contribution >= 0.6 is 11.3 Å². The Balaban J connectivity index is 1.32. The number of halogens is 4. The SMILES string of the molecule is O=C(O)C1CCCC1C(=O)c1ccc(-c2ccc(Nc3nc4ccc(C(F)(F)F)cc4s3)c(F)c2)cc1. The smallest absolute Gasteiger partial charge is 0.416 e. The highest BCUT2D eigenvalue weighted by atomic mass is 32.1. The minimum Gasteiger partial charge on any atom is -0.481 e. The first kappa shape index (κ1) is 24.9. The van der Waals surface area contributed by atoms with Crippen molar-refractivity contribution in [1.82, 2.24) is 4.98 Å². The van der Waals surface area contributed by atoms with Crippen molar-refractivity contribution in [3.63, 3.8) is 0 Å². The summed E-state index contributed by atoms with van der Waals surface area (Å²) in [6.07, 6.45) is -2.71. The molecule has 190 valence electrons. The van der Waals surface area contributed by atoms with E-state index in [0.29, 0.717) is 46.2 Å². The lowest BCUT2D eigenvalue weighted by Crippen LogP contribution is -2.25. The molecule has 4 aromatic rings. The van der Waals surface area contributed by atoms with E-state index in [1.54, 1.807) is 30.3 Å². The fourth-order valence-electron chi connectivity index (χ4n) is 4.68. The molecule has 0 saturated heterocycles. The van der Waals surface area contributed by atoms with E-state index in [9.17, 15) is 32.3 Å². The van der Waals surface area contributed by atoms with E-state index in [-0.39, 0.29) is 16.6 Å². The molecule has 1 saturated carbocycles. The van der Waals surface area contributed by atoms with Crippen LogP contribution in [0.1, 0.15) is 35.2 Å². The minimum absolute atomic E-state index is 0.117. The molecule has 1 aliphatic carbocycles. The molecular weight excluding hydrogens is 508 g/mol. The molecule has 0 spiro atoms. The maximum absolute atomic E-state index is 14.9. The van der Waals surface area contributed by atoms with Gasteiger partial charge in [0.25, 0.3) is 0 Å². The fraction of sp³-hybridized carbons (Fsp3) is 0.222. The standard InChI is InChI=1S/C27H20F4N2O3S/c28-20-12-16(14-4-6-15(7-5-14)24(34)18-2-1-3-19(18)25(35)36)8-10-21(20)32-26-33-22-11-9-17(27(29,30)31)13-23(22)37-26/h4-13,18-19H,1-3H2,(H,32,33)(H,35,36). The first-order valence-corrected chi connectivity index (χ1v) is 12.3. The van der Waals surface area contributed by atoms with Gasteiger partial charge in [-0.15, -0.1) is 0 Å². The van der Waals surface area contributed by atoms with E-state index < -0.39 is 35.4 Å². The molecule has 0 amide bonds. The summed E-state index contributed by atoms with van der Waals surface area (Å²) in [7, 11) is 0. The Hall–Kier alpha value is -3.79. The fourth-order valence-corrected chi connectivity index (χ4v) is 5.59. The number of anilines is 2. The topological polar surface area (TPSA) is 79.3 Å². The second-order valence-electron chi connectivity index (χ2n) is 8.94. The van der Waals surface area contributed by atoms with Crippen molar-refractivity contribution >= 4 is 44.1 Å². The molecule has 0 bridgehead atoms. The largest absolute Gasteiger partial charge is 0.481 e. The Bertz CT molecular complexity index is 1500. The molecule has 0 radical (unpaired) electrons. The molecule has 0 aliphatic heterocycles. The summed E-state index contributed by atoms with van der Waals surface area (Å²) < 4.78 is 54.1. The number of hydrogen-bond donors (Lipinski definition) is 2. The number of nitrogens with one attached hydrogen (secondary N) is 1. The molecule has 1 aliphatic rings. The molecule has 2 unspecified atom stereocenters. The number of fused-ring (bicyclic) bond motifs is 1. The maximum atomic E-state index is 14.9. The quantitative estimate of drug-likeness (QED) is 0.200. The number of carboxylic acid groups (broad SMARTS) is 1. The highest BCUT2D eigenvalue weighted by molar-refractivity contribution is 7.22. The second-order valence-corrected chi connectivity index (χ2v) is 9.97. The lowest BCUT2D eigenvalue weighted by molar-refractivity contribution is -0.142. The Morgan fingerprint density at radius 2 is 1.65 bits per heavy atom. The normalized spacial score (nSPS) is 17.7. The van der Waals surface area contributed by atoms with Gasteiger partial charge in [0, 0.05) is 11.5 Å². The van der Waals surface area contributed by atoms with Crippen LogP contribution in [0.4, 0.5) is 28.4 Å². The van der Waals surface area contributed by atoms with Crippen molar-refractivity contribution in [2.24, 2.45) is 11.8 Å². The number of aliphatic carboxylic acids is 1. The lowest BCUT2D eigenvalue weighted by atomic mass is 9.88.